The van der Waals surface area contributed by atoms with Crippen molar-refractivity contribution in [3.05, 3.63) is 89.5 Å². The van der Waals surface area contributed by atoms with Crippen molar-refractivity contribution < 1.29 is 54.2 Å². The van der Waals surface area contributed by atoms with Gasteiger partial charge in [0.25, 0.3) is 5.91 Å². The molecule has 16 heteroatoms. The summed E-state index contributed by atoms with van der Waals surface area (Å²) in [5.74, 6) is -0.439. The van der Waals surface area contributed by atoms with E-state index in [1.807, 2.05) is 0 Å². The molecule has 4 rings (SSSR count). The summed E-state index contributed by atoms with van der Waals surface area (Å²) in [4.78, 5) is 28.5. The highest BCUT2D eigenvalue weighted by atomic mass is 32.2. The Balaban J connectivity index is 1.49. The number of sulfone groups is 1. The van der Waals surface area contributed by atoms with E-state index in [0.29, 0.717) is 11.3 Å². The fourth-order valence-corrected chi connectivity index (χ4v) is 6.04. The minimum atomic E-state index is -4.51. The zero-order valence-electron chi connectivity index (χ0n) is 26.8. The number of hydrogen-bond acceptors (Lipinski definition) is 8. The highest BCUT2D eigenvalue weighted by Gasteiger charge is 2.35. The standard InChI is InChI=1S/C33H36F5N3O7S/c1-4-49(44,45)28-15-7-21(8-16-28)29(20-47-32(43)40(2)3)39-30(42)22-5-11-24(12-6-22)41-18-27(17-25(41)19-46-31(34)35)48-26-13-9-23(10-14-26)33(36,37)38/h5-16,25,27,29,31H,4,17-20H2,1-3H3,(H,39,42)/t25-,27-,29-/m0/s1. The van der Waals surface area contributed by atoms with Crippen LogP contribution in [-0.4, -0.2) is 83.7 Å². The molecule has 0 spiro atoms. The molecule has 2 amide bonds. The second-order valence-corrected chi connectivity index (χ2v) is 13.7. The van der Waals surface area contributed by atoms with E-state index in [9.17, 15) is 40.0 Å². The highest BCUT2D eigenvalue weighted by molar-refractivity contribution is 7.91. The predicted octanol–water partition coefficient (Wildman–Crippen LogP) is 5.93. The van der Waals surface area contributed by atoms with Crippen molar-refractivity contribution in [1.82, 2.24) is 10.2 Å². The van der Waals surface area contributed by atoms with Crippen LogP contribution in [0.3, 0.4) is 0 Å². The fourth-order valence-electron chi connectivity index (χ4n) is 5.16. The maximum atomic E-state index is 13.3. The van der Waals surface area contributed by atoms with Gasteiger partial charge in [-0.1, -0.05) is 19.1 Å². The summed E-state index contributed by atoms with van der Waals surface area (Å²) in [7, 11) is -0.475. The number of anilines is 1. The van der Waals surface area contributed by atoms with Gasteiger partial charge < -0.3 is 29.3 Å². The van der Waals surface area contributed by atoms with Gasteiger partial charge in [-0.3, -0.25) is 4.79 Å². The van der Waals surface area contributed by atoms with Gasteiger partial charge in [-0.25, -0.2) is 13.2 Å². The molecular weight excluding hydrogens is 677 g/mol. The minimum absolute atomic E-state index is 0.0901. The van der Waals surface area contributed by atoms with Crippen molar-refractivity contribution in [2.75, 3.05) is 44.5 Å². The second-order valence-electron chi connectivity index (χ2n) is 11.4. The molecule has 1 fully saturated rings. The van der Waals surface area contributed by atoms with Gasteiger partial charge in [0, 0.05) is 31.8 Å². The molecule has 1 saturated heterocycles. The van der Waals surface area contributed by atoms with Crippen molar-refractivity contribution in [2.24, 2.45) is 0 Å². The van der Waals surface area contributed by atoms with E-state index in [1.54, 1.807) is 17.0 Å². The number of alkyl halides is 5. The van der Waals surface area contributed by atoms with Crippen LogP contribution in [0.4, 0.5) is 32.4 Å². The van der Waals surface area contributed by atoms with Crippen molar-refractivity contribution >= 4 is 27.5 Å². The third-order valence-corrected chi connectivity index (χ3v) is 9.55. The van der Waals surface area contributed by atoms with Gasteiger partial charge in [0.05, 0.1) is 41.4 Å². The summed E-state index contributed by atoms with van der Waals surface area (Å²) in [5, 5.41) is 2.80. The molecule has 10 nitrogen and oxygen atoms in total. The van der Waals surface area contributed by atoms with Gasteiger partial charge >= 0.3 is 18.9 Å². The molecule has 0 bridgehead atoms. The number of nitrogens with one attached hydrogen (secondary N) is 1. The van der Waals surface area contributed by atoms with Gasteiger partial charge in [-0.15, -0.1) is 0 Å². The SMILES string of the molecule is CCS(=O)(=O)c1ccc([C@H](COC(=O)N(C)C)NC(=O)c2ccc(N3C[C@@H](Oc4ccc(C(F)(F)F)cc4)C[C@H]3COC(F)F)cc2)cc1. The highest BCUT2D eigenvalue weighted by Crippen LogP contribution is 2.33. The maximum Gasteiger partial charge on any atom is 0.416 e. The van der Waals surface area contributed by atoms with Crippen molar-refractivity contribution in [3.63, 3.8) is 0 Å². The van der Waals surface area contributed by atoms with Crippen molar-refractivity contribution in [1.29, 1.82) is 0 Å². The number of halogens is 5. The van der Waals surface area contributed by atoms with Crippen LogP contribution < -0.4 is 15.0 Å². The molecule has 3 atom stereocenters. The van der Waals surface area contributed by atoms with E-state index >= 15 is 0 Å². The van der Waals surface area contributed by atoms with Crippen LogP contribution in [0, 0.1) is 0 Å². The normalized spacial score (nSPS) is 17.1. The number of hydrogen-bond donors (Lipinski definition) is 1. The number of carbonyl (C=O) groups is 2. The first kappa shape index (κ1) is 37.4. The molecular formula is C33H36F5N3O7S. The van der Waals surface area contributed by atoms with Crippen molar-refractivity contribution in [2.45, 2.75) is 49.2 Å². The van der Waals surface area contributed by atoms with Crippen LogP contribution in [0.2, 0.25) is 0 Å². The average Bonchev–Trinajstić information content (AvgIpc) is 3.47. The number of nitrogens with zero attached hydrogens (tertiary/aromatic N) is 2. The molecule has 0 saturated carbocycles. The zero-order chi connectivity index (χ0) is 35.9. The molecule has 0 radical (unpaired) electrons. The molecule has 0 aromatic heterocycles. The summed E-state index contributed by atoms with van der Waals surface area (Å²) in [6, 6.07) is 14.9. The summed E-state index contributed by atoms with van der Waals surface area (Å²) in [5.41, 5.74) is 0.434. The van der Waals surface area contributed by atoms with E-state index < -0.39 is 58.4 Å². The number of carbonyl (C=O) groups excluding carboxylic acids is 2. The summed E-state index contributed by atoms with van der Waals surface area (Å²) < 4.78 is 105. The number of benzene rings is 3. The first-order valence-corrected chi connectivity index (χ1v) is 16.8. The third kappa shape index (κ3) is 10.0. The zero-order valence-corrected chi connectivity index (χ0v) is 27.6. The summed E-state index contributed by atoms with van der Waals surface area (Å²) >= 11 is 0. The molecule has 0 aliphatic carbocycles. The van der Waals surface area contributed by atoms with E-state index in [1.165, 1.54) is 74.4 Å². The predicted molar refractivity (Wildman–Crippen MR) is 169 cm³/mol. The third-order valence-electron chi connectivity index (χ3n) is 7.80. The summed E-state index contributed by atoms with van der Waals surface area (Å²) in [6.45, 7) is -1.89. The number of rotatable bonds is 13. The van der Waals surface area contributed by atoms with Crippen LogP contribution in [0.15, 0.2) is 77.7 Å². The van der Waals surface area contributed by atoms with E-state index in [0.717, 1.165) is 12.1 Å². The smallest absolute Gasteiger partial charge is 0.416 e. The molecule has 1 N–H and O–H groups in total. The lowest BCUT2D eigenvalue weighted by molar-refractivity contribution is -0.137. The number of ether oxygens (including phenoxy) is 3. The monoisotopic (exact) mass is 713 g/mol. The second kappa shape index (κ2) is 15.8. The van der Waals surface area contributed by atoms with Gasteiger partial charge in [0.1, 0.15) is 18.5 Å². The van der Waals surface area contributed by atoms with E-state index in [2.05, 4.69) is 10.1 Å². The Morgan fingerprint density at radius 1 is 0.980 bits per heavy atom. The Labute approximate surface area is 280 Å². The topological polar surface area (TPSA) is 114 Å². The number of amides is 2. The quantitative estimate of drug-likeness (QED) is 0.217. The molecule has 49 heavy (non-hydrogen) atoms. The largest absolute Gasteiger partial charge is 0.489 e. The Morgan fingerprint density at radius 2 is 1.61 bits per heavy atom. The van der Waals surface area contributed by atoms with Crippen LogP contribution in [0.1, 0.15) is 40.9 Å². The van der Waals surface area contributed by atoms with E-state index in [-0.39, 0.29) is 48.1 Å². The van der Waals surface area contributed by atoms with Crippen LogP contribution in [0.25, 0.3) is 0 Å². The van der Waals surface area contributed by atoms with Gasteiger partial charge in [0.2, 0.25) is 0 Å². The molecule has 3 aromatic carbocycles. The summed E-state index contributed by atoms with van der Waals surface area (Å²) in [6.07, 6.45) is -5.48. The Kier molecular flexibility index (Phi) is 12.1. The fraction of sp³-hybridized carbons (Fsp3) is 0.394. The van der Waals surface area contributed by atoms with Gasteiger partial charge in [-0.05, 0) is 66.2 Å². The lowest BCUT2D eigenvalue weighted by Gasteiger charge is -2.26. The Morgan fingerprint density at radius 3 is 2.16 bits per heavy atom. The van der Waals surface area contributed by atoms with Crippen molar-refractivity contribution in [3.8, 4) is 5.75 Å². The van der Waals surface area contributed by atoms with Crippen LogP contribution in [0.5, 0.6) is 5.75 Å². The van der Waals surface area contributed by atoms with Gasteiger partial charge in [0.15, 0.2) is 9.84 Å². The average molecular weight is 714 g/mol. The Bertz CT molecular complexity index is 1670. The molecule has 1 aliphatic rings. The van der Waals surface area contributed by atoms with Crippen LogP contribution >= 0.6 is 0 Å². The van der Waals surface area contributed by atoms with Gasteiger partial charge in [-0.2, -0.15) is 22.0 Å². The lowest BCUT2D eigenvalue weighted by Crippen LogP contribution is -2.35. The minimum Gasteiger partial charge on any atom is -0.489 e. The van der Waals surface area contributed by atoms with E-state index in [4.69, 9.17) is 9.47 Å². The Hall–Kier alpha value is -4.44. The molecule has 0 unspecified atom stereocenters. The molecule has 3 aromatic rings. The maximum absolute atomic E-state index is 13.3. The van der Waals surface area contributed by atoms with Crippen LogP contribution in [-0.2, 0) is 25.5 Å². The lowest BCUT2D eigenvalue weighted by atomic mass is 10.1. The first-order valence-electron chi connectivity index (χ1n) is 15.2. The molecule has 1 aliphatic heterocycles. The molecule has 1 heterocycles. The first-order chi connectivity index (χ1) is 23.1. The molecule has 266 valence electrons.